The number of nitrogens with zero attached hydrogens (tertiary/aromatic N) is 6. The van der Waals surface area contributed by atoms with E-state index in [9.17, 15) is 13.6 Å². The first-order valence-electron chi connectivity index (χ1n) is 11.0. The summed E-state index contributed by atoms with van der Waals surface area (Å²) < 4.78 is 30.0. The average molecular weight is 465 g/mol. The van der Waals surface area contributed by atoms with Crippen LogP contribution in [0.4, 0.5) is 14.6 Å². The van der Waals surface area contributed by atoms with E-state index in [-0.39, 0.29) is 17.1 Å². The van der Waals surface area contributed by atoms with Crippen molar-refractivity contribution >= 4 is 22.8 Å². The van der Waals surface area contributed by atoms with Crippen LogP contribution < -0.4 is 4.90 Å². The van der Waals surface area contributed by atoms with Crippen molar-refractivity contribution in [3.63, 3.8) is 0 Å². The van der Waals surface area contributed by atoms with E-state index in [1.165, 1.54) is 35.6 Å². The number of likely N-dealkylation sites (N-methyl/N-ethyl adjacent to an activating group) is 2. The van der Waals surface area contributed by atoms with Crippen molar-refractivity contribution in [3.05, 3.63) is 72.2 Å². The number of carbonyl (C=O) groups is 1. The van der Waals surface area contributed by atoms with Crippen molar-refractivity contribution in [3.8, 4) is 6.07 Å². The zero-order valence-electron chi connectivity index (χ0n) is 19.3. The van der Waals surface area contributed by atoms with Gasteiger partial charge in [0, 0.05) is 50.3 Å². The molecule has 2 heterocycles. The molecule has 0 aliphatic heterocycles. The average Bonchev–Trinajstić information content (AvgIpc) is 2.86. The number of hydrogen-bond donors (Lipinski definition) is 0. The summed E-state index contributed by atoms with van der Waals surface area (Å²) >= 11 is 0. The number of carbonyl (C=O) groups excluding carboxylic acids is 1. The third-order valence-electron chi connectivity index (χ3n) is 5.51. The molecule has 2 aromatic heterocycles. The van der Waals surface area contributed by atoms with Gasteiger partial charge in [0.25, 0.3) is 5.92 Å². The number of hydrogen-bond acceptors (Lipinski definition) is 6. The van der Waals surface area contributed by atoms with E-state index >= 15 is 0 Å². The second-order valence-electron chi connectivity index (χ2n) is 7.71. The van der Waals surface area contributed by atoms with Gasteiger partial charge in [0.2, 0.25) is 5.91 Å². The molecule has 0 aliphatic rings. The highest BCUT2D eigenvalue weighted by atomic mass is 19.3. The Kier molecular flexibility index (Phi) is 7.84. The molecule has 3 rings (SSSR count). The summed E-state index contributed by atoms with van der Waals surface area (Å²) in [6.45, 7) is 7.00. The molecular weight excluding hydrogens is 438 g/mol. The maximum Gasteiger partial charge on any atom is 0.294 e. The first-order chi connectivity index (χ1) is 16.3. The number of para-hydroxylation sites is 1. The van der Waals surface area contributed by atoms with Gasteiger partial charge in [0.15, 0.2) is 0 Å². The summed E-state index contributed by atoms with van der Waals surface area (Å²) in [5, 5.41) is 8.96. The quantitative estimate of drug-likeness (QED) is 0.439. The Morgan fingerprint density at radius 3 is 2.56 bits per heavy atom. The van der Waals surface area contributed by atoms with E-state index < -0.39 is 11.8 Å². The zero-order valence-corrected chi connectivity index (χ0v) is 19.3. The molecule has 1 amide bonds. The Morgan fingerprint density at radius 1 is 1.15 bits per heavy atom. The van der Waals surface area contributed by atoms with Crippen LogP contribution in [-0.2, 0) is 10.7 Å². The molecule has 0 spiro atoms. The predicted molar refractivity (Wildman–Crippen MR) is 126 cm³/mol. The number of rotatable bonds is 9. The number of halogens is 2. The standard InChI is InChI=1S/C25H26F2N6O/c1-4-32(17-18(3)33(5-2)22-10-9-19(15-28)16-31-22)23(34)11-12-25(26,27)20-7-6-8-21-24(20)30-14-13-29-21/h6-14,16,18H,4-5,17H2,1-3H3/b12-11+. The van der Waals surface area contributed by atoms with Crippen LogP contribution in [0, 0.1) is 11.3 Å². The second kappa shape index (κ2) is 10.8. The monoisotopic (exact) mass is 464 g/mol. The largest absolute Gasteiger partial charge is 0.352 e. The van der Waals surface area contributed by atoms with Gasteiger partial charge in [-0.25, -0.2) is 4.98 Å². The number of amides is 1. The molecule has 0 aliphatic carbocycles. The number of pyridine rings is 1. The Hall–Kier alpha value is -3.93. The van der Waals surface area contributed by atoms with Crippen LogP contribution in [0.1, 0.15) is 31.9 Å². The van der Waals surface area contributed by atoms with E-state index in [0.29, 0.717) is 42.6 Å². The highest BCUT2D eigenvalue weighted by molar-refractivity contribution is 5.88. The van der Waals surface area contributed by atoms with Crippen LogP contribution in [0.25, 0.3) is 11.0 Å². The minimum absolute atomic E-state index is 0.0987. The van der Waals surface area contributed by atoms with Crippen LogP contribution in [0.15, 0.2) is 61.1 Å². The topological polar surface area (TPSA) is 86.0 Å². The fourth-order valence-corrected chi connectivity index (χ4v) is 3.75. The highest BCUT2D eigenvalue weighted by Gasteiger charge is 2.31. The summed E-state index contributed by atoms with van der Waals surface area (Å²) in [6.07, 6.45) is 5.83. The molecule has 0 saturated heterocycles. The summed E-state index contributed by atoms with van der Waals surface area (Å²) in [5.41, 5.74) is 0.615. The minimum atomic E-state index is -3.39. The number of fused-ring (bicyclic) bond motifs is 1. The lowest BCUT2D eigenvalue weighted by Crippen LogP contribution is -2.44. The molecule has 0 radical (unpaired) electrons. The molecule has 0 bridgehead atoms. The Bertz CT molecular complexity index is 1200. The molecule has 176 valence electrons. The van der Waals surface area contributed by atoms with Crippen LogP contribution in [0.5, 0.6) is 0 Å². The van der Waals surface area contributed by atoms with Gasteiger partial charge in [-0.15, -0.1) is 0 Å². The van der Waals surface area contributed by atoms with E-state index in [1.807, 2.05) is 24.8 Å². The predicted octanol–water partition coefficient (Wildman–Crippen LogP) is 4.31. The smallest absolute Gasteiger partial charge is 0.294 e. The van der Waals surface area contributed by atoms with Crippen molar-refractivity contribution in [1.29, 1.82) is 5.26 Å². The third kappa shape index (κ3) is 5.52. The van der Waals surface area contributed by atoms with Gasteiger partial charge in [-0.3, -0.25) is 14.8 Å². The molecule has 1 aromatic carbocycles. The van der Waals surface area contributed by atoms with E-state index in [4.69, 9.17) is 5.26 Å². The van der Waals surface area contributed by atoms with Crippen LogP contribution in [0.3, 0.4) is 0 Å². The molecule has 1 atom stereocenters. The number of nitriles is 1. The summed E-state index contributed by atoms with van der Waals surface area (Å²) in [7, 11) is 0. The minimum Gasteiger partial charge on any atom is -0.352 e. The van der Waals surface area contributed by atoms with Gasteiger partial charge < -0.3 is 9.80 Å². The number of anilines is 1. The maximum absolute atomic E-state index is 15.0. The number of benzene rings is 1. The normalized spacial score (nSPS) is 12.5. The van der Waals surface area contributed by atoms with Gasteiger partial charge in [0.05, 0.1) is 22.2 Å². The molecule has 1 unspecified atom stereocenters. The van der Waals surface area contributed by atoms with Gasteiger partial charge in [0.1, 0.15) is 11.9 Å². The van der Waals surface area contributed by atoms with Crippen LogP contribution >= 0.6 is 0 Å². The Morgan fingerprint density at radius 2 is 1.91 bits per heavy atom. The number of aromatic nitrogens is 3. The van der Waals surface area contributed by atoms with E-state index in [1.54, 1.807) is 25.1 Å². The lowest BCUT2D eigenvalue weighted by atomic mass is 10.1. The fraction of sp³-hybridized carbons (Fsp3) is 0.320. The summed E-state index contributed by atoms with van der Waals surface area (Å²) in [4.78, 5) is 28.7. The zero-order chi connectivity index (χ0) is 24.7. The maximum atomic E-state index is 15.0. The summed E-state index contributed by atoms with van der Waals surface area (Å²) in [5.74, 6) is -3.22. The molecule has 0 fully saturated rings. The van der Waals surface area contributed by atoms with Gasteiger partial charge in [-0.2, -0.15) is 14.0 Å². The van der Waals surface area contributed by atoms with Crippen LogP contribution in [-0.4, -0.2) is 51.4 Å². The molecule has 3 aromatic rings. The first-order valence-corrected chi connectivity index (χ1v) is 11.0. The molecule has 7 nitrogen and oxygen atoms in total. The molecule has 34 heavy (non-hydrogen) atoms. The van der Waals surface area contributed by atoms with Gasteiger partial charge in [-0.1, -0.05) is 12.1 Å². The highest BCUT2D eigenvalue weighted by Crippen LogP contribution is 2.33. The fourth-order valence-electron chi connectivity index (χ4n) is 3.75. The van der Waals surface area contributed by atoms with E-state index in [2.05, 4.69) is 15.0 Å². The molecule has 9 heteroatoms. The molecule has 0 saturated carbocycles. The lowest BCUT2D eigenvalue weighted by molar-refractivity contribution is -0.126. The van der Waals surface area contributed by atoms with Crippen molar-refractivity contribution in [2.45, 2.75) is 32.7 Å². The summed E-state index contributed by atoms with van der Waals surface area (Å²) in [6, 6.07) is 9.73. The van der Waals surface area contributed by atoms with Gasteiger partial charge >= 0.3 is 0 Å². The Labute approximate surface area is 197 Å². The SMILES string of the molecule is CCN(CC(C)N(CC)c1ccc(C#N)cn1)C(=O)/C=C/C(F)(F)c1cccc2nccnc12. The lowest BCUT2D eigenvalue weighted by Gasteiger charge is -2.33. The van der Waals surface area contributed by atoms with Crippen molar-refractivity contribution < 1.29 is 13.6 Å². The Balaban J connectivity index is 1.74. The first kappa shape index (κ1) is 24.7. The van der Waals surface area contributed by atoms with Gasteiger partial charge in [-0.05, 0) is 45.0 Å². The van der Waals surface area contributed by atoms with E-state index in [0.717, 1.165) is 6.08 Å². The van der Waals surface area contributed by atoms with Crippen molar-refractivity contribution in [1.82, 2.24) is 19.9 Å². The second-order valence-corrected chi connectivity index (χ2v) is 7.71. The van der Waals surface area contributed by atoms with Crippen molar-refractivity contribution in [2.75, 3.05) is 24.5 Å². The third-order valence-corrected chi connectivity index (χ3v) is 5.51. The van der Waals surface area contributed by atoms with Crippen LogP contribution in [0.2, 0.25) is 0 Å². The van der Waals surface area contributed by atoms with Crippen molar-refractivity contribution in [2.24, 2.45) is 0 Å². The number of alkyl halides is 2. The molecule has 0 N–H and O–H groups in total. The molecular formula is C25H26F2N6O. The number of allylic oxidation sites excluding steroid dienone is 1.